The molecule has 0 atom stereocenters. The van der Waals surface area contributed by atoms with E-state index in [1.807, 2.05) is 29.8 Å². The molecule has 0 saturated carbocycles. The lowest BCUT2D eigenvalue weighted by Crippen LogP contribution is -2.02. The van der Waals surface area contributed by atoms with Gasteiger partial charge < -0.3 is 4.52 Å². The maximum atomic E-state index is 13.5. The largest absolute Gasteiger partial charge is 0.360 e. The first-order valence-corrected chi connectivity index (χ1v) is 8.60. The molecule has 2 aromatic carbocycles. The Balaban J connectivity index is 1.91. The van der Waals surface area contributed by atoms with Gasteiger partial charge in [0.25, 0.3) is 0 Å². The van der Waals surface area contributed by atoms with Crippen LogP contribution < -0.4 is 0 Å². The highest BCUT2D eigenvalue weighted by Gasteiger charge is 2.19. The van der Waals surface area contributed by atoms with E-state index in [0.29, 0.717) is 17.0 Å². The minimum Gasteiger partial charge on any atom is -0.360 e. The molecule has 4 aromatic rings. The molecule has 0 aliphatic rings. The summed E-state index contributed by atoms with van der Waals surface area (Å²) in [5.74, 6) is 0.203. The van der Waals surface area contributed by atoms with Crippen LogP contribution in [0.2, 0.25) is 5.02 Å². The maximum absolute atomic E-state index is 13.5. The second-order valence-corrected chi connectivity index (χ2v) is 6.83. The van der Waals surface area contributed by atoms with Crippen molar-refractivity contribution < 1.29 is 8.91 Å². The topological polar surface area (TPSA) is 56.7 Å². The molecule has 4 rings (SSSR count). The minimum atomic E-state index is -0.467. The zero-order chi connectivity index (χ0) is 18.4. The lowest BCUT2D eigenvalue weighted by Gasteiger charge is -2.08. The van der Waals surface area contributed by atoms with Crippen LogP contribution in [-0.4, -0.2) is 20.2 Å². The molecule has 2 heterocycles. The van der Waals surface area contributed by atoms with Crippen LogP contribution in [0.1, 0.15) is 25.6 Å². The van der Waals surface area contributed by atoms with E-state index < -0.39 is 5.82 Å². The van der Waals surface area contributed by atoms with Gasteiger partial charge >= 0.3 is 0 Å². The smallest absolute Gasteiger partial charge is 0.142 e. The first-order valence-electron chi connectivity index (χ1n) is 8.22. The number of fused-ring (bicyclic) bond motifs is 1. The molecule has 0 fully saturated rings. The first kappa shape index (κ1) is 16.7. The van der Waals surface area contributed by atoms with Crippen LogP contribution >= 0.6 is 11.6 Å². The van der Waals surface area contributed by atoms with E-state index in [2.05, 4.69) is 29.3 Å². The zero-order valence-corrected chi connectivity index (χ0v) is 15.3. The molecule has 0 amide bonds. The third-order valence-electron chi connectivity index (χ3n) is 4.30. The summed E-state index contributed by atoms with van der Waals surface area (Å²) in [5, 5.41) is 12.6. The van der Waals surface area contributed by atoms with E-state index in [-0.39, 0.29) is 11.1 Å². The number of halogens is 2. The van der Waals surface area contributed by atoms with Gasteiger partial charge in [0.15, 0.2) is 0 Å². The second-order valence-electron chi connectivity index (χ2n) is 6.42. The fourth-order valence-electron chi connectivity index (χ4n) is 3.03. The Labute approximate surface area is 154 Å². The number of nitrogens with zero attached hydrogens (tertiary/aromatic N) is 4. The van der Waals surface area contributed by atoms with Crippen molar-refractivity contribution in [3.05, 3.63) is 53.0 Å². The van der Waals surface area contributed by atoms with Gasteiger partial charge in [-0.25, -0.2) is 9.07 Å². The van der Waals surface area contributed by atoms with Crippen LogP contribution in [0.5, 0.6) is 0 Å². The molecule has 2 aromatic heterocycles. The molecule has 132 valence electrons. The van der Waals surface area contributed by atoms with Crippen molar-refractivity contribution >= 4 is 22.6 Å². The highest BCUT2D eigenvalue weighted by Crippen LogP contribution is 2.36. The standard InChI is InChI=1S/C19H16ClFN4O/c1-10(2)25-17-9-12(5-7-16(17)22-24-25)18-11(3)26-23-19(18)13-4-6-15(21)14(20)8-13/h4-10H,1-3H3. The number of aromatic nitrogens is 4. The summed E-state index contributed by atoms with van der Waals surface area (Å²) < 4.78 is 20.8. The fraction of sp³-hybridized carbons (Fsp3) is 0.211. The Morgan fingerprint density at radius 2 is 1.88 bits per heavy atom. The van der Waals surface area contributed by atoms with Crippen LogP contribution in [0.15, 0.2) is 40.9 Å². The lowest BCUT2D eigenvalue weighted by atomic mass is 9.99. The second kappa shape index (κ2) is 6.21. The monoisotopic (exact) mass is 370 g/mol. The summed E-state index contributed by atoms with van der Waals surface area (Å²) in [6.45, 7) is 5.95. The Hall–Kier alpha value is -2.73. The average molecular weight is 371 g/mol. The Bertz CT molecular complexity index is 1120. The van der Waals surface area contributed by atoms with Crippen LogP contribution in [-0.2, 0) is 0 Å². The van der Waals surface area contributed by atoms with E-state index in [9.17, 15) is 4.39 Å². The van der Waals surface area contributed by atoms with Gasteiger partial charge in [-0.05, 0) is 56.7 Å². The van der Waals surface area contributed by atoms with Gasteiger partial charge in [-0.3, -0.25) is 0 Å². The van der Waals surface area contributed by atoms with Gasteiger partial charge in [0.1, 0.15) is 22.8 Å². The third kappa shape index (κ3) is 2.66. The minimum absolute atomic E-state index is 0.0478. The van der Waals surface area contributed by atoms with Gasteiger partial charge in [0, 0.05) is 11.6 Å². The predicted molar refractivity (Wildman–Crippen MR) is 98.6 cm³/mol. The molecule has 5 nitrogen and oxygen atoms in total. The van der Waals surface area contributed by atoms with E-state index in [1.165, 1.54) is 6.07 Å². The summed E-state index contributed by atoms with van der Waals surface area (Å²) in [6.07, 6.45) is 0. The van der Waals surface area contributed by atoms with E-state index in [0.717, 1.165) is 22.2 Å². The van der Waals surface area contributed by atoms with Crippen molar-refractivity contribution in [2.24, 2.45) is 0 Å². The van der Waals surface area contributed by atoms with Crippen molar-refractivity contribution in [2.45, 2.75) is 26.8 Å². The van der Waals surface area contributed by atoms with E-state index >= 15 is 0 Å². The highest BCUT2D eigenvalue weighted by molar-refractivity contribution is 6.31. The fourth-order valence-corrected chi connectivity index (χ4v) is 3.21. The molecule has 0 saturated heterocycles. The first-order chi connectivity index (χ1) is 12.5. The van der Waals surface area contributed by atoms with Gasteiger partial charge in [0.2, 0.25) is 0 Å². The van der Waals surface area contributed by atoms with Crippen molar-refractivity contribution in [3.63, 3.8) is 0 Å². The Morgan fingerprint density at radius 1 is 1.12 bits per heavy atom. The normalized spacial score (nSPS) is 11.6. The average Bonchev–Trinajstić information content (AvgIpc) is 3.20. The van der Waals surface area contributed by atoms with Crippen LogP contribution in [0, 0.1) is 12.7 Å². The summed E-state index contributed by atoms with van der Waals surface area (Å²) >= 11 is 5.93. The molecule has 7 heteroatoms. The summed E-state index contributed by atoms with van der Waals surface area (Å²) in [4.78, 5) is 0. The molecule has 0 aliphatic carbocycles. The van der Waals surface area contributed by atoms with Crippen LogP contribution in [0.25, 0.3) is 33.4 Å². The van der Waals surface area contributed by atoms with Crippen LogP contribution in [0.3, 0.4) is 0 Å². The number of benzene rings is 2. The molecule has 0 N–H and O–H groups in total. The molecule has 26 heavy (non-hydrogen) atoms. The molecule has 0 radical (unpaired) electrons. The highest BCUT2D eigenvalue weighted by atomic mass is 35.5. The Kier molecular flexibility index (Phi) is 4.00. The number of hydrogen-bond donors (Lipinski definition) is 0. The van der Waals surface area contributed by atoms with E-state index in [1.54, 1.807) is 12.1 Å². The van der Waals surface area contributed by atoms with Crippen molar-refractivity contribution in [1.29, 1.82) is 0 Å². The summed E-state index contributed by atoms with van der Waals surface area (Å²) in [7, 11) is 0. The maximum Gasteiger partial charge on any atom is 0.142 e. The Morgan fingerprint density at radius 3 is 2.62 bits per heavy atom. The van der Waals surface area contributed by atoms with Crippen molar-refractivity contribution in [3.8, 4) is 22.4 Å². The predicted octanol–water partition coefficient (Wildman–Crippen LogP) is 5.44. The summed E-state index contributed by atoms with van der Waals surface area (Å²) in [6, 6.07) is 10.6. The molecule has 0 aliphatic heterocycles. The number of rotatable bonds is 3. The SMILES string of the molecule is Cc1onc(-c2ccc(F)c(Cl)c2)c1-c1ccc2nnn(C(C)C)c2c1. The molecular weight excluding hydrogens is 355 g/mol. The van der Waals surface area contributed by atoms with Crippen molar-refractivity contribution in [1.82, 2.24) is 20.2 Å². The van der Waals surface area contributed by atoms with Crippen molar-refractivity contribution in [2.75, 3.05) is 0 Å². The molecule has 0 unspecified atom stereocenters. The zero-order valence-electron chi connectivity index (χ0n) is 14.5. The molecule has 0 bridgehead atoms. The van der Waals surface area contributed by atoms with Crippen LogP contribution in [0.4, 0.5) is 4.39 Å². The van der Waals surface area contributed by atoms with Gasteiger partial charge in [-0.1, -0.05) is 28.0 Å². The third-order valence-corrected chi connectivity index (χ3v) is 4.59. The summed E-state index contributed by atoms with van der Waals surface area (Å²) in [5.41, 5.74) is 4.83. The van der Waals surface area contributed by atoms with Gasteiger partial charge in [0.05, 0.1) is 16.1 Å². The van der Waals surface area contributed by atoms with Gasteiger partial charge in [-0.2, -0.15) is 0 Å². The van der Waals surface area contributed by atoms with Gasteiger partial charge in [-0.15, -0.1) is 5.10 Å². The lowest BCUT2D eigenvalue weighted by molar-refractivity contribution is 0.400. The quantitative estimate of drug-likeness (QED) is 0.482. The number of aryl methyl sites for hydroxylation is 1. The molecule has 0 spiro atoms. The van der Waals surface area contributed by atoms with E-state index in [4.69, 9.17) is 16.1 Å². The number of hydrogen-bond acceptors (Lipinski definition) is 4. The molecular formula is C19H16ClFN4O.